The Kier molecular flexibility index (Phi) is 10.1. The van der Waals surface area contributed by atoms with Crippen LogP contribution < -0.4 is 15.4 Å². The summed E-state index contributed by atoms with van der Waals surface area (Å²) in [4.78, 5) is 9.03. The monoisotopic (exact) mass is 389 g/mol. The minimum atomic E-state index is 0.697. The van der Waals surface area contributed by atoms with E-state index in [1.165, 1.54) is 38.0 Å². The fraction of sp³-hybridized carbons (Fsp3) is 0.682. The molecule has 0 aromatic heterocycles. The maximum Gasteiger partial charge on any atom is 0.191 e. The summed E-state index contributed by atoms with van der Waals surface area (Å²) in [5.41, 5.74) is 1.19. The minimum Gasteiger partial charge on any atom is -0.492 e. The second-order valence-electron chi connectivity index (χ2n) is 8.03. The summed E-state index contributed by atoms with van der Waals surface area (Å²) in [6.45, 7) is 9.32. The maximum absolute atomic E-state index is 5.81. The van der Waals surface area contributed by atoms with Crippen LogP contribution >= 0.6 is 0 Å². The van der Waals surface area contributed by atoms with Crippen molar-refractivity contribution in [1.29, 1.82) is 0 Å². The first-order valence-electron chi connectivity index (χ1n) is 10.6. The van der Waals surface area contributed by atoms with E-state index < -0.39 is 0 Å². The van der Waals surface area contributed by atoms with Gasteiger partial charge in [0.05, 0.1) is 0 Å². The molecule has 0 atom stereocenters. The molecule has 0 radical (unpaired) electrons. The number of piperidine rings is 1. The number of nitrogens with zero attached hydrogens (tertiary/aromatic N) is 3. The van der Waals surface area contributed by atoms with Crippen molar-refractivity contribution >= 4 is 5.96 Å². The predicted molar refractivity (Wildman–Crippen MR) is 118 cm³/mol. The number of hydrogen-bond donors (Lipinski definition) is 2. The maximum atomic E-state index is 5.81. The van der Waals surface area contributed by atoms with Gasteiger partial charge in [-0.05, 0) is 76.6 Å². The van der Waals surface area contributed by atoms with E-state index >= 15 is 0 Å². The van der Waals surface area contributed by atoms with Gasteiger partial charge in [0.2, 0.25) is 0 Å². The molecule has 1 fully saturated rings. The van der Waals surface area contributed by atoms with Gasteiger partial charge >= 0.3 is 0 Å². The fourth-order valence-electron chi connectivity index (χ4n) is 3.29. The Labute approximate surface area is 171 Å². The lowest BCUT2D eigenvalue weighted by molar-refractivity contribution is 0.191. The summed E-state index contributed by atoms with van der Waals surface area (Å²) in [6, 6.07) is 8.25. The zero-order valence-electron chi connectivity index (χ0n) is 18.2. The second kappa shape index (κ2) is 12.6. The summed E-state index contributed by atoms with van der Waals surface area (Å²) < 4.78 is 5.81. The van der Waals surface area contributed by atoms with E-state index in [0.29, 0.717) is 6.61 Å². The van der Waals surface area contributed by atoms with E-state index in [-0.39, 0.29) is 0 Å². The number of likely N-dealkylation sites (N-methyl/N-ethyl adjacent to an activating group) is 1. The topological polar surface area (TPSA) is 52.1 Å². The summed E-state index contributed by atoms with van der Waals surface area (Å²) in [6.07, 6.45) is 3.83. The number of nitrogens with one attached hydrogen (secondary N) is 2. The molecule has 1 heterocycles. The average molecular weight is 390 g/mol. The molecule has 0 bridgehead atoms. The molecule has 0 saturated carbocycles. The molecule has 2 rings (SSSR count). The van der Waals surface area contributed by atoms with E-state index in [4.69, 9.17) is 4.74 Å². The van der Waals surface area contributed by atoms with E-state index in [9.17, 15) is 0 Å². The Balaban J connectivity index is 1.64. The Hall–Kier alpha value is -1.79. The third-order valence-electron chi connectivity index (χ3n) is 5.21. The number of ether oxygens (including phenoxy) is 1. The Morgan fingerprint density at radius 3 is 2.75 bits per heavy atom. The number of rotatable bonds is 10. The SMILES string of the molecule is CN=C(NCCCN1CCC(C)CC1)NCc1cccc(OCCN(C)C)c1. The molecule has 1 aromatic rings. The molecule has 1 aromatic carbocycles. The van der Waals surface area contributed by atoms with Gasteiger partial charge in [0.15, 0.2) is 5.96 Å². The van der Waals surface area contributed by atoms with E-state index in [1.54, 1.807) is 0 Å². The second-order valence-corrected chi connectivity index (χ2v) is 8.03. The number of benzene rings is 1. The van der Waals surface area contributed by atoms with Crippen LogP contribution in [-0.4, -0.2) is 76.2 Å². The minimum absolute atomic E-state index is 0.697. The van der Waals surface area contributed by atoms with Crippen molar-refractivity contribution in [2.24, 2.45) is 10.9 Å². The molecule has 6 heteroatoms. The van der Waals surface area contributed by atoms with E-state index in [1.807, 2.05) is 19.2 Å². The van der Waals surface area contributed by atoms with Crippen molar-refractivity contribution in [3.8, 4) is 5.75 Å². The predicted octanol–water partition coefficient (Wildman–Crippen LogP) is 2.41. The number of hydrogen-bond acceptors (Lipinski definition) is 4. The molecule has 1 aliphatic rings. The van der Waals surface area contributed by atoms with Crippen LogP contribution in [0.5, 0.6) is 5.75 Å². The molecule has 2 N–H and O–H groups in total. The summed E-state index contributed by atoms with van der Waals surface area (Å²) >= 11 is 0. The molecule has 0 unspecified atom stereocenters. The lowest BCUT2D eigenvalue weighted by atomic mass is 9.99. The number of guanidine groups is 1. The third kappa shape index (κ3) is 8.93. The first-order valence-corrected chi connectivity index (χ1v) is 10.6. The van der Waals surface area contributed by atoms with E-state index in [0.717, 1.165) is 43.7 Å². The Bertz CT molecular complexity index is 582. The number of aliphatic imine (C=N–C) groups is 1. The average Bonchev–Trinajstić information content (AvgIpc) is 2.69. The van der Waals surface area contributed by atoms with Crippen LogP contribution in [0, 0.1) is 5.92 Å². The van der Waals surface area contributed by atoms with Crippen LogP contribution in [0.2, 0.25) is 0 Å². The fourth-order valence-corrected chi connectivity index (χ4v) is 3.29. The quantitative estimate of drug-likeness (QED) is 0.366. The van der Waals surface area contributed by atoms with Crippen LogP contribution in [0.25, 0.3) is 0 Å². The molecule has 1 aliphatic heterocycles. The van der Waals surface area contributed by atoms with E-state index in [2.05, 4.69) is 58.6 Å². The van der Waals surface area contributed by atoms with Crippen molar-refractivity contribution in [3.63, 3.8) is 0 Å². The van der Waals surface area contributed by atoms with Crippen molar-refractivity contribution in [2.75, 3.05) is 60.5 Å². The Morgan fingerprint density at radius 1 is 1.25 bits per heavy atom. The summed E-state index contributed by atoms with van der Waals surface area (Å²) in [5.74, 6) is 2.67. The molecule has 1 saturated heterocycles. The van der Waals surface area contributed by atoms with Gasteiger partial charge in [-0.3, -0.25) is 4.99 Å². The van der Waals surface area contributed by atoms with Gasteiger partial charge in [0.1, 0.15) is 12.4 Å². The number of likely N-dealkylation sites (tertiary alicyclic amines) is 1. The first-order chi connectivity index (χ1) is 13.6. The highest BCUT2D eigenvalue weighted by atomic mass is 16.5. The van der Waals surface area contributed by atoms with Crippen LogP contribution in [0.4, 0.5) is 0 Å². The highest BCUT2D eigenvalue weighted by molar-refractivity contribution is 5.79. The van der Waals surface area contributed by atoms with Gasteiger partial charge in [-0.15, -0.1) is 0 Å². The summed E-state index contributed by atoms with van der Waals surface area (Å²) in [5, 5.41) is 6.82. The zero-order chi connectivity index (χ0) is 20.2. The lowest BCUT2D eigenvalue weighted by Crippen LogP contribution is -2.39. The highest BCUT2D eigenvalue weighted by Gasteiger charge is 2.14. The molecule has 6 nitrogen and oxygen atoms in total. The normalized spacial score (nSPS) is 16.4. The smallest absolute Gasteiger partial charge is 0.191 e. The van der Waals surface area contributed by atoms with Crippen LogP contribution in [-0.2, 0) is 6.54 Å². The van der Waals surface area contributed by atoms with Crippen molar-refractivity contribution < 1.29 is 4.74 Å². The molecule has 158 valence electrons. The molecule has 28 heavy (non-hydrogen) atoms. The van der Waals surface area contributed by atoms with Gasteiger partial charge in [0, 0.05) is 26.7 Å². The van der Waals surface area contributed by atoms with Gasteiger partial charge in [-0.2, -0.15) is 0 Å². The zero-order valence-corrected chi connectivity index (χ0v) is 18.2. The largest absolute Gasteiger partial charge is 0.492 e. The molecular weight excluding hydrogens is 350 g/mol. The lowest BCUT2D eigenvalue weighted by Gasteiger charge is -2.30. The molecule has 0 spiro atoms. The van der Waals surface area contributed by atoms with Crippen molar-refractivity contribution in [1.82, 2.24) is 20.4 Å². The van der Waals surface area contributed by atoms with Gasteiger partial charge in [0.25, 0.3) is 0 Å². The van der Waals surface area contributed by atoms with Crippen LogP contribution in [0.15, 0.2) is 29.3 Å². The summed E-state index contributed by atoms with van der Waals surface area (Å²) in [7, 11) is 5.92. The first kappa shape index (κ1) is 22.5. The van der Waals surface area contributed by atoms with Gasteiger partial charge in [-0.25, -0.2) is 0 Å². The van der Waals surface area contributed by atoms with Crippen LogP contribution in [0.1, 0.15) is 31.7 Å². The van der Waals surface area contributed by atoms with Crippen LogP contribution in [0.3, 0.4) is 0 Å². The molecular formula is C22H39N5O. The highest BCUT2D eigenvalue weighted by Crippen LogP contribution is 2.15. The van der Waals surface area contributed by atoms with Crippen molar-refractivity contribution in [3.05, 3.63) is 29.8 Å². The van der Waals surface area contributed by atoms with Crippen molar-refractivity contribution in [2.45, 2.75) is 32.7 Å². The molecule has 0 amide bonds. The van der Waals surface area contributed by atoms with Gasteiger partial charge in [-0.1, -0.05) is 19.1 Å². The third-order valence-corrected chi connectivity index (χ3v) is 5.21. The Morgan fingerprint density at radius 2 is 2.04 bits per heavy atom. The molecule has 0 aliphatic carbocycles. The standard InChI is InChI=1S/C22H39N5O/c1-19-9-13-27(14-10-19)12-6-11-24-22(23-2)25-18-20-7-5-8-21(17-20)28-16-15-26(3)4/h5,7-8,17,19H,6,9-16,18H2,1-4H3,(H2,23,24,25). The van der Waals surface area contributed by atoms with Gasteiger partial charge < -0.3 is 25.2 Å².